The van der Waals surface area contributed by atoms with Gasteiger partial charge in [-0.3, -0.25) is 13.9 Å². The average Bonchev–Trinajstić information content (AvgIpc) is 2.95. The van der Waals surface area contributed by atoms with Gasteiger partial charge in [-0.2, -0.15) is 0 Å². The summed E-state index contributed by atoms with van der Waals surface area (Å²) >= 11 is 0. The fraction of sp³-hybridized carbons (Fsp3) is 0.355. The van der Waals surface area contributed by atoms with E-state index < -0.39 is 40.2 Å². The third-order valence-electron chi connectivity index (χ3n) is 7.28. The van der Waals surface area contributed by atoms with E-state index in [1.54, 1.807) is 0 Å². The SMILES string of the molecule is CS(=O)(=O)N(CC(=O)N(Cc1ccc(F)cc1)[C@H](Cc1ccccc1)C(=O)NC1CCCCC1)c1ccc(F)cc1. The molecule has 0 saturated heterocycles. The second-order valence-corrected chi connectivity index (χ2v) is 12.4. The number of anilines is 1. The van der Waals surface area contributed by atoms with Crippen LogP contribution in [0.3, 0.4) is 0 Å². The Bertz CT molecular complexity index is 1410. The zero-order valence-corrected chi connectivity index (χ0v) is 23.8. The summed E-state index contributed by atoms with van der Waals surface area (Å²) < 4.78 is 53.7. The Morgan fingerprint density at radius 1 is 0.854 bits per heavy atom. The van der Waals surface area contributed by atoms with Crippen LogP contribution in [0.4, 0.5) is 14.5 Å². The maximum atomic E-state index is 14.0. The van der Waals surface area contributed by atoms with Crippen molar-refractivity contribution >= 4 is 27.5 Å². The van der Waals surface area contributed by atoms with Crippen molar-refractivity contribution in [1.29, 1.82) is 0 Å². The molecule has 1 N–H and O–H groups in total. The highest BCUT2D eigenvalue weighted by Crippen LogP contribution is 2.22. The number of rotatable bonds is 11. The summed E-state index contributed by atoms with van der Waals surface area (Å²) in [4.78, 5) is 29.3. The van der Waals surface area contributed by atoms with E-state index in [0.717, 1.165) is 60.4 Å². The maximum absolute atomic E-state index is 14.0. The number of hydrogen-bond acceptors (Lipinski definition) is 4. The van der Waals surface area contributed by atoms with Crippen molar-refractivity contribution < 1.29 is 26.8 Å². The maximum Gasteiger partial charge on any atom is 0.244 e. The molecule has 1 saturated carbocycles. The van der Waals surface area contributed by atoms with Gasteiger partial charge in [0.15, 0.2) is 0 Å². The number of hydrogen-bond donors (Lipinski definition) is 1. The molecule has 0 heterocycles. The lowest BCUT2D eigenvalue weighted by Crippen LogP contribution is -2.55. The summed E-state index contributed by atoms with van der Waals surface area (Å²) in [5.41, 5.74) is 1.53. The Kier molecular flexibility index (Phi) is 10.1. The molecule has 7 nitrogen and oxygen atoms in total. The van der Waals surface area contributed by atoms with E-state index >= 15 is 0 Å². The molecule has 0 spiro atoms. The molecule has 0 aromatic heterocycles. The van der Waals surface area contributed by atoms with E-state index in [-0.39, 0.29) is 30.6 Å². The zero-order valence-electron chi connectivity index (χ0n) is 23.0. The molecule has 0 aliphatic heterocycles. The topological polar surface area (TPSA) is 86.8 Å². The largest absolute Gasteiger partial charge is 0.352 e. The first kappa shape index (κ1) is 30.2. The van der Waals surface area contributed by atoms with Crippen LogP contribution in [-0.2, 0) is 32.6 Å². The number of carbonyl (C=O) groups is 2. The monoisotopic (exact) mass is 583 g/mol. The highest BCUT2D eigenvalue weighted by molar-refractivity contribution is 7.92. The Balaban J connectivity index is 1.71. The molecule has 4 rings (SSSR count). The molecular formula is C31H35F2N3O4S. The number of amides is 2. The second-order valence-electron chi connectivity index (χ2n) is 10.4. The minimum absolute atomic E-state index is 0.0102. The van der Waals surface area contributed by atoms with E-state index in [1.807, 2.05) is 30.3 Å². The van der Waals surface area contributed by atoms with Gasteiger partial charge in [0.05, 0.1) is 11.9 Å². The van der Waals surface area contributed by atoms with Gasteiger partial charge in [-0.05, 0) is 60.4 Å². The lowest BCUT2D eigenvalue weighted by atomic mass is 9.94. The van der Waals surface area contributed by atoms with Crippen molar-refractivity contribution in [2.45, 2.75) is 57.2 Å². The molecule has 0 bridgehead atoms. The molecule has 1 fully saturated rings. The lowest BCUT2D eigenvalue weighted by molar-refractivity contribution is -0.140. The van der Waals surface area contributed by atoms with E-state index in [9.17, 15) is 26.8 Å². The zero-order chi connectivity index (χ0) is 29.4. The van der Waals surface area contributed by atoms with E-state index in [4.69, 9.17) is 0 Å². The summed E-state index contributed by atoms with van der Waals surface area (Å²) in [7, 11) is -3.95. The molecule has 10 heteroatoms. The quantitative estimate of drug-likeness (QED) is 0.351. The van der Waals surface area contributed by atoms with E-state index in [2.05, 4.69) is 5.32 Å². The van der Waals surface area contributed by atoms with E-state index in [1.165, 1.54) is 41.3 Å². The summed E-state index contributed by atoms with van der Waals surface area (Å²) in [6.07, 6.45) is 5.98. The molecule has 2 amide bonds. The highest BCUT2D eigenvalue weighted by Gasteiger charge is 2.34. The molecular weight excluding hydrogens is 548 g/mol. The smallest absolute Gasteiger partial charge is 0.244 e. The van der Waals surface area contributed by atoms with Crippen LogP contribution in [-0.4, -0.2) is 50.0 Å². The van der Waals surface area contributed by atoms with Crippen molar-refractivity contribution in [3.05, 3.63) is 102 Å². The summed E-state index contributed by atoms with van der Waals surface area (Å²) in [5, 5.41) is 3.12. The van der Waals surface area contributed by atoms with Gasteiger partial charge in [-0.15, -0.1) is 0 Å². The Morgan fingerprint density at radius 3 is 2.02 bits per heavy atom. The Morgan fingerprint density at radius 2 is 1.44 bits per heavy atom. The first-order chi connectivity index (χ1) is 19.6. The second kappa shape index (κ2) is 13.7. The summed E-state index contributed by atoms with van der Waals surface area (Å²) in [6.45, 7) is -0.649. The van der Waals surface area contributed by atoms with Gasteiger partial charge < -0.3 is 10.2 Å². The van der Waals surface area contributed by atoms with Crippen LogP contribution < -0.4 is 9.62 Å². The Hall–Kier alpha value is -3.79. The van der Waals surface area contributed by atoms with Crippen LogP contribution in [0.15, 0.2) is 78.9 Å². The molecule has 1 aliphatic rings. The molecule has 0 unspecified atom stereocenters. The number of halogens is 2. The standard InChI is InChI=1S/C31H35F2N3O4S/c1-41(39,40)36(28-18-16-26(33)17-19-28)22-30(37)35(21-24-12-14-25(32)15-13-24)29(20-23-8-4-2-5-9-23)31(38)34-27-10-6-3-7-11-27/h2,4-5,8-9,12-19,27,29H,3,6-7,10-11,20-22H2,1H3,(H,34,38)/t29-/m1/s1. The first-order valence-corrected chi connectivity index (χ1v) is 15.6. The van der Waals surface area contributed by atoms with Gasteiger partial charge in [-0.25, -0.2) is 17.2 Å². The van der Waals surface area contributed by atoms with Crippen molar-refractivity contribution in [2.24, 2.45) is 0 Å². The average molecular weight is 584 g/mol. The third kappa shape index (κ3) is 8.60. The van der Waals surface area contributed by atoms with Crippen LogP contribution in [0.1, 0.15) is 43.2 Å². The van der Waals surface area contributed by atoms with Crippen LogP contribution in [0, 0.1) is 11.6 Å². The van der Waals surface area contributed by atoms with E-state index in [0.29, 0.717) is 5.56 Å². The number of carbonyl (C=O) groups excluding carboxylic acids is 2. The van der Waals surface area contributed by atoms with Crippen LogP contribution in [0.5, 0.6) is 0 Å². The van der Waals surface area contributed by atoms with Crippen molar-refractivity contribution in [1.82, 2.24) is 10.2 Å². The van der Waals surface area contributed by atoms with Crippen LogP contribution in [0.25, 0.3) is 0 Å². The minimum atomic E-state index is -3.95. The number of benzene rings is 3. The predicted molar refractivity (Wildman–Crippen MR) is 154 cm³/mol. The van der Waals surface area contributed by atoms with Crippen molar-refractivity contribution in [2.75, 3.05) is 17.1 Å². The van der Waals surface area contributed by atoms with Crippen LogP contribution in [0.2, 0.25) is 0 Å². The van der Waals surface area contributed by atoms with Crippen molar-refractivity contribution in [3.8, 4) is 0 Å². The third-order valence-corrected chi connectivity index (χ3v) is 8.42. The molecule has 3 aromatic rings. The lowest BCUT2D eigenvalue weighted by Gasteiger charge is -2.35. The fourth-order valence-electron chi connectivity index (χ4n) is 5.11. The number of nitrogens with one attached hydrogen (secondary N) is 1. The first-order valence-electron chi connectivity index (χ1n) is 13.7. The normalized spacial score (nSPS) is 14.7. The molecule has 41 heavy (non-hydrogen) atoms. The molecule has 3 aromatic carbocycles. The predicted octanol–water partition coefficient (Wildman–Crippen LogP) is 4.82. The summed E-state index contributed by atoms with van der Waals surface area (Å²) in [6, 6.07) is 18.7. The summed E-state index contributed by atoms with van der Waals surface area (Å²) in [5.74, 6) is -1.94. The van der Waals surface area contributed by atoms with Gasteiger partial charge in [0.25, 0.3) is 0 Å². The van der Waals surface area contributed by atoms with Gasteiger partial charge in [-0.1, -0.05) is 61.7 Å². The molecule has 1 aliphatic carbocycles. The van der Waals surface area contributed by atoms with Gasteiger partial charge in [0.2, 0.25) is 21.8 Å². The highest BCUT2D eigenvalue weighted by atomic mass is 32.2. The van der Waals surface area contributed by atoms with Crippen LogP contribution >= 0.6 is 0 Å². The van der Waals surface area contributed by atoms with Gasteiger partial charge in [0, 0.05) is 19.0 Å². The van der Waals surface area contributed by atoms with Crippen molar-refractivity contribution in [3.63, 3.8) is 0 Å². The number of nitrogens with zero attached hydrogens (tertiary/aromatic N) is 2. The molecule has 218 valence electrons. The number of sulfonamides is 1. The fourth-order valence-corrected chi connectivity index (χ4v) is 5.96. The minimum Gasteiger partial charge on any atom is -0.352 e. The van der Waals surface area contributed by atoms with Gasteiger partial charge in [0.1, 0.15) is 24.2 Å². The Labute approximate surface area is 240 Å². The molecule has 0 radical (unpaired) electrons. The molecule has 1 atom stereocenters. The van der Waals surface area contributed by atoms with Gasteiger partial charge >= 0.3 is 0 Å².